The molecule has 0 fully saturated rings. The zero-order valence-corrected chi connectivity index (χ0v) is 19.5. The molecule has 0 saturated carbocycles. The highest BCUT2D eigenvalue weighted by atomic mass is 32.2. The van der Waals surface area contributed by atoms with Gasteiger partial charge in [-0.05, 0) is 36.6 Å². The van der Waals surface area contributed by atoms with Gasteiger partial charge in [-0.25, -0.2) is 4.21 Å². The van der Waals surface area contributed by atoms with Crippen LogP contribution in [-0.2, 0) is 16.1 Å². The Morgan fingerprint density at radius 2 is 1.71 bits per heavy atom. The smallest absolute Gasteiger partial charge is 0.256 e. The molecule has 2 N–H and O–H groups in total. The summed E-state index contributed by atoms with van der Waals surface area (Å²) in [5.41, 5.74) is 3.19. The lowest BCUT2D eigenvalue weighted by Crippen LogP contribution is -2.14. The number of aryl methyl sites for hydroxylation is 1. The van der Waals surface area contributed by atoms with Gasteiger partial charge in [-0.3, -0.25) is 9.59 Å². The van der Waals surface area contributed by atoms with Gasteiger partial charge in [0.25, 0.3) is 5.91 Å². The molecule has 1 amide bonds. The van der Waals surface area contributed by atoms with Crippen LogP contribution in [0.3, 0.4) is 0 Å². The summed E-state index contributed by atoms with van der Waals surface area (Å²) in [5, 5.41) is 6.74. The van der Waals surface area contributed by atoms with E-state index in [1.165, 1.54) is 0 Å². The topological polar surface area (TPSA) is 88.4 Å². The first kappa shape index (κ1) is 20.3. The quantitative estimate of drug-likeness (QED) is 0.314. The Labute approximate surface area is 201 Å². The second kappa shape index (κ2) is 6.96. The van der Waals surface area contributed by atoms with Crippen molar-refractivity contribution in [2.45, 2.75) is 24.2 Å². The van der Waals surface area contributed by atoms with Crippen molar-refractivity contribution in [3.8, 4) is 0 Å². The van der Waals surface area contributed by atoms with E-state index < -0.39 is 9.71 Å². The van der Waals surface area contributed by atoms with Crippen LogP contribution in [0.2, 0.25) is 0 Å². The van der Waals surface area contributed by atoms with E-state index in [9.17, 15) is 13.8 Å². The van der Waals surface area contributed by atoms with Gasteiger partial charge in [-0.15, -0.1) is 0 Å². The molecule has 5 aromatic rings. The molecule has 1 unspecified atom stereocenters. The van der Waals surface area contributed by atoms with E-state index in [-0.39, 0.29) is 11.7 Å². The molecular formula is C28H20N2O4S. The van der Waals surface area contributed by atoms with Gasteiger partial charge in [0.15, 0.2) is 5.78 Å². The number of nitrogens with one attached hydrogen (secondary N) is 2. The highest BCUT2D eigenvalue weighted by Crippen LogP contribution is 2.41. The first-order valence-corrected chi connectivity index (χ1v) is 13.2. The Hall–Kier alpha value is -4.10. The average molecular weight is 481 g/mol. The maximum Gasteiger partial charge on any atom is 0.256 e. The van der Waals surface area contributed by atoms with Gasteiger partial charge in [-0.1, -0.05) is 36.4 Å². The number of rotatable bonds is 3. The van der Waals surface area contributed by atoms with E-state index in [0.29, 0.717) is 44.8 Å². The Balaban J connectivity index is 1.45. The third-order valence-corrected chi connectivity index (χ3v) is 8.59. The normalized spacial score (nSPS) is 16.5. The molecule has 1 aliphatic carbocycles. The minimum Gasteiger partial charge on any atom is -0.460 e. The molecule has 35 heavy (non-hydrogen) atoms. The van der Waals surface area contributed by atoms with Crippen LogP contribution < -0.4 is 10.0 Å². The molecule has 4 aromatic carbocycles. The minimum absolute atomic E-state index is 0.0752. The molecule has 0 spiro atoms. The summed E-state index contributed by atoms with van der Waals surface area (Å²) in [6, 6.07) is 18.5. The van der Waals surface area contributed by atoms with Crippen molar-refractivity contribution in [2.24, 2.45) is 0 Å². The predicted molar refractivity (Wildman–Crippen MR) is 140 cm³/mol. The summed E-state index contributed by atoms with van der Waals surface area (Å²) in [7, 11) is -3.05. The van der Waals surface area contributed by atoms with Gasteiger partial charge in [-0.2, -0.15) is 0 Å². The minimum atomic E-state index is -3.05. The number of amides is 1. The Kier molecular flexibility index (Phi) is 4.03. The lowest BCUT2D eigenvalue weighted by atomic mass is 9.93. The van der Waals surface area contributed by atoms with Crippen molar-refractivity contribution in [2.75, 3.05) is 10.0 Å². The lowest BCUT2D eigenvalue weighted by Gasteiger charge is -2.17. The second-order valence-electron chi connectivity index (χ2n) is 9.09. The maximum absolute atomic E-state index is 14.1. The van der Waals surface area contributed by atoms with Crippen LogP contribution in [0.4, 0.5) is 11.4 Å². The Bertz CT molecular complexity index is 1880. The molecule has 7 heteroatoms. The summed E-state index contributed by atoms with van der Waals surface area (Å²) in [6.07, 6.45) is 2.01. The molecule has 7 rings (SSSR count). The second-order valence-corrected chi connectivity index (χ2v) is 11.1. The standard InChI is InChI=1S/C28H20N2O4S/c1-35(33,24-13-12-20-25-17(24)8-4-9-18(25)28(32)29-20)30-21-14-19-26-22(31)10-5-11-23(26)34-27(19)16-7-3-2-6-15(16)21/h2-4,6-9,12-14H,1,5,10-11H2,(H,29,32)(H,30,33). The fourth-order valence-electron chi connectivity index (χ4n) is 5.45. The number of ketones is 1. The zero-order valence-electron chi connectivity index (χ0n) is 18.6. The molecule has 1 atom stereocenters. The van der Waals surface area contributed by atoms with Gasteiger partial charge < -0.3 is 14.5 Å². The van der Waals surface area contributed by atoms with Crippen molar-refractivity contribution in [1.29, 1.82) is 0 Å². The van der Waals surface area contributed by atoms with Gasteiger partial charge >= 0.3 is 0 Å². The van der Waals surface area contributed by atoms with E-state index in [4.69, 9.17) is 4.42 Å². The lowest BCUT2D eigenvalue weighted by molar-refractivity contribution is 0.0969. The van der Waals surface area contributed by atoms with Crippen LogP contribution in [0, 0.1) is 0 Å². The van der Waals surface area contributed by atoms with Crippen LogP contribution in [0.15, 0.2) is 70.0 Å². The first-order valence-electron chi connectivity index (χ1n) is 11.4. The third-order valence-electron chi connectivity index (χ3n) is 6.98. The van der Waals surface area contributed by atoms with E-state index >= 15 is 0 Å². The number of furan rings is 1. The summed E-state index contributed by atoms with van der Waals surface area (Å²) in [6.45, 7) is 0. The van der Waals surface area contributed by atoms with Gasteiger partial charge in [0.1, 0.15) is 11.3 Å². The number of carbonyl (C=O) groups is 2. The number of hydrogen-bond donors (Lipinski definition) is 2. The third kappa shape index (κ3) is 2.82. The average Bonchev–Trinajstić information content (AvgIpc) is 3.39. The highest BCUT2D eigenvalue weighted by Gasteiger charge is 2.28. The van der Waals surface area contributed by atoms with Crippen LogP contribution in [0.25, 0.3) is 32.5 Å². The molecule has 6 nitrogen and oxygen atoms in total. The van der Waals surface area contributed by atoms with Crippen molar-refractivity contribution in [1.82, 2.24) is 0 Å². The highest BCUT2D eigenvalue weighted by molar-refractivity contribution is 8.01. The van der Waals surface area contributed by atoms with Gasteiger partial charge in [0, 0.05) is 51.0 Å². The number of anilines is 2. The molecule has 2 aliphatic rings. The monoisotopic (exact) mass is 480 g/mol. The number of hydrogen-bond acceptors (Lipinski definition) is 4. The molecule has 0 saturated heterocycles. The number of fused-ring (bicyclic) bond motifs is 5. The molecule has 172 valence electrons. The molecule has 2 heterocycles. The molecule has 1 aliphatic heterocycles. The zero-order chi connectivity index (χ0) is 23.9. The molecular weight excluding hydrogens is 460 g/mol. The molecule has 1 aromatic heterocycles. The van der Waals surface area contributed by atoms with Crippen LogP contribution in [-0.4, -0.2) is 21.8 Å². The van der Waals surface area contributed by atoms with Crippen LogP contribution in [0.5, 0.6) is 0 Å². The van der Waals surface area contributed by atoms with E-state index in [0.717, 1.165) is 40.1 Å². The van der Waals surface area contributed by atoms with E-state index in [1.54, 1.807) is 24.3 Å². The fourth-order valence-corrected chi connectivity index (χ4v) is 6.90. The Morgan fingerprint density at radius 3 is 2.57 bits per heavy atom. The number of benzene rings is 4. The summed E-state index contributed by atoms with van der Waals surface area (Å²) >= 11 is 0. The number of carbonyl (C=O) groups excluding carboxylic acids is 2. The van der Waals surface area contributed by atoms with Crippen molar-refractivity contribution >= 4 is 71.2 Å². The van der Waals surface area contributed by atoms with Crippen molar-refractivity contribution < 1.29 is 18.2 Å². The molecule has 0 radical (unpaired) electrons. The summed E-state index contributed by atoms with van der Waals surface area (Å²) < 4.78 is 23.5. The summed E-state index contributed by atoms with van der Waals surface area (Å²) in [4.78, 5) is 25.6. The van der Waals surface area contributed by atoms with Crippen LogP contribution >= 0.6 is 0 Å². The first-order chi connectivity index (χ1) is 16.9. The molecule has 0 bridgehead atoms. The largest absolute Gasteiger partial charge is 0.460 e. The SMILES string of the molecule is C=S(=O)(Nc1cc2c3c(oc2c2ccccc12)CCCC3=O)c1ccc2c3c(cccc13)C(=O)N2. The van der Waals surface area contributed by atoms with Crippen molar-refractivity contribution in [3.05, 3.63) is 77.6 Å². The van der Waals surface area contributed by atoms with E-state index in [1.807, 2.05) is 36.4 Å². The van der Waals surface area contributed by atoms with Gasteiger partial charge in [0.2, 0.25) is 0 Å². The van der Waals surface area contributed by atoms with Crippen molar-refractivity contribution in [3.63, 3.8) is 0 Å². The Morgan fingerprint density at radius 1 is 0.914 bits per heavy atom. The van der Waals surface area contributed by atoms with Crippen LogP contribution in [0.1, 0.15) is 39.3 Å². The number of Topliss-reactive ketones (excluding diaryl/α,β-unsaturated/α-hetero) is 1. The summed E-state index contributed by atoms with van der Waals surface area (Å²) in [5.74, 6) is 4.71. The van der Waals surface area contributed by atoms with E-state index in [2.05, 4.69) is 15.9 Å². The van der Waals surface area contributed by atoms with Gasteiger partial charge in [0.05, 0.1) is 25.9 Å². The predicted octanol–water partition coefficient (Wildman–Crippen LogP) is 5.93. The fraction of sp³-hybridized carbons (Fsp3) is 0.107. The maximum atomic E-state index is 14.1.